The van der Waals surface area contributed by atoms with Crippen molar-refractivity contribution in [2.75, 3.05) is 42.9 Å². The number of halogens is 1. The maximum Gasteiger partial charge on any atom is 0.237 e. The molecule has 3 saturated heterocycles. The van der Waals surface area contributed by atoms with Crippen LogP contribution in [0.4, 0.5) is 16.0 Å². The fourth-order valence-electron chi connectivity index (χ4n) is 6.29. The van der Waals surface area contributed by atoms with Crippen LogP contribution in [0.1, 0.15) is 12.8 Å². The number of aromatic amines is 1. The number of hydrogen-bond donors (Lipinski definition) is 2. The molecule has 204 valence electrons. The molecular formula is C29H29FN8O2. The van der Waals surface area contributed by atoms with Crippen LogP contribution in [0.2, 0.25) is 0 Å². The van der Waals surface area contributed by atoms with Gasteiger partial charge in [-0.1, -0.05) is 0 Å². The van der Waals surface area contributed by atoms with Crippen molar-refractivity contribution in [2.24, 2.45) is 5.92 Å². The van der Waals surface area contributed by atoms with E-state index in [0.717, 1.165) is 35.4 Å². The second kappa shape index (κ2) is 9.98. The molecule has 10 nitrogen and oxygen atoms in total. The first-order valence-corrected chi connectivity index (χ1v) is 13.6. The first-order valence-electron chi connectivity index (χ1n) is 13.6. The third kappa shape index (κ3) is 4.56. The van der Waals surface area contributed by atoms with E-state index in [1.54, 1.807) is 30.6 Å². The van der Waals surface area contributed by atoms with E-state index in [-0.39, 0.29) is 35.6 Å². The normalized spacial score (nSPS) is 22.4. The van der Waals surface area contributed by atoms with Gasteiger partial charge in [-0.2, -0.15) is 5.10 Å². The van der Waals surface area contributed by atoms with Gasteiger partial charge in [-0.15, -0.1) is 0 Å². The summed E-state index contributed by atoms with van der Waals surface area (Å²) in [7, 11) is 0. The average molecular weight is 541 g/mol. The lowest BCUT2D eigenvalue weighted by Gasteiger charge is -2.35. The van der Waals surface area contributed by atoms with Crippen LogP contribution >= 0.6 is 0 Å². The van der Waals surface area contributed by atoms with Crippen LogP contribution in [0.25, 0.3) is 22.2 Å². The first kappa shape index (κ1) is 24.6. The van der Waals surface area contributed by atoms with Crippen LogP contribution in [0.5, 0.6) is 0 Å². The van der Waals surface area contributed by atoms with Gasteiger partial charge in [0.25, 0.3) is 0 Å². The van der Waals surface area contributed by atoms with Gasteiger partial charge < -0.3 is 15.1 Å². The fourth-order valence-corrected chi connectivity index (χ4v) is 6.29. The van der Waals surface area contributed by atoms with Crippen LogP contribution in [0, 0.1) is 11.7 Å². The Morgan fingerprint density at radius 1 is 1.02 bits per heavy atom. The Bertz CT molecular complexity index is 1560. The zero-order valence-corrected chi connectivity index (χ0v) is 21.8. The molecule has 3 aliphatic heterocycles. The molecule has 0 spiro atoms. The molecule has 2 amide bonds. The molecule has 2 N–H and O–H groups in total. The van der Waals surface area contributed by atoms with E-state index in [9.17, 15) is 14.0 Å². The summed E-state index contributed by atoms with van der Waals surface area (Å²) in [6.45, 7) is 3.05. The number of piperazine rings is 1. The quantitative estimate of drug-likeness (QED) is 0.387. The summed E-state index contributed by atoms with van der Waals surface area (Å²) >= 11 is 0. The summed E-state index contributed by atoms with van der Waals surface area (Å²) in [4.78, 5) is 41.3. The van der Waals surface area contributed by atoms with Gasteiger partial charge >= 0.3 is 0 Å². The number of aromatic nitrogens is 4. The van der Waals surface area contributed by atoms with E-state index in [1.807, 2.05) is 23.1 Å². The van der Waals surface area contributed by atoms with Crippen LogP contribution < -0.4 is 10.2 Å². The number of hydrogen-bond acceptors (Lipinski definition) is 7. The minimum absolute atomic E-state index is 0.0557. The summed E-state index contributed by atoms with van der Waals surface area (Å²) in [6.07, 6.45) is 5.15. The van der Waals surface area contributed by atoms with Crippen LogP contribution in [0.15, 0.2) is 60.9 Å². The summed E-state index contributed by atoms with van der Waals surface area (Å²) in [5, 5.41) is 11.3. The number of fused-ring (bicyclic) bond motifs is 3. The zero-order chi connectivity index (χ0) is 27.2. The van der Waals surface area contributed by atoms with E-state index in [1.165, 1.54) is 12.1 Å². The smallest absolute Gasteiger partial charge is 0.237 e. The van der Waals surface area contributed by atoms with Crippen molar-refractivity contribution in [1.82, 2.24) is 30.0 Å². The van der Waals surface area contributed by atoms with Gasteiger partial charge in [-0.05, 0) is 67.9 Å². The Morgan fingerprint density at radius 3 is 2.62 bits per heavy atom. The van der Waals surface area contributed by atoms with E-state index < -0.39 is 0 Å². The van der Waals surface area contributed by atoms with Gasteiger partial charge in [-0.25, -0.2) is 14.4 Å². The molecule has 0 saturated carbocycles. The number of nitrogens with zero attached hydrogens (tertiary/aromatic N) is 6. The predicted molar refractivity (Wildman–Crippen MR) is 148 cm³/mol. The molecule has 0 radical (unpaired) electrons. The Balaban J connectivity index is 0.949. The van der Waals surface area contributed by atoms with Crippen molar-refractivity contribution in [1.29, 1.82) is 0 Å². The minimum Gasteiger partial charge on any atom is -0.335 e. The molecule has 3 aliphatic rings. The Labute approximate surface area is 230 Å². The highest BCUT2D eigenvalue weighted by molar-refractivity contribution is 5.99. The number of anilines is 2. The van der Waals surface area contributed by atoms with Crippen LogP contribution in [-0.4, -0.2) is 86.6 Å². The standard InChI is InChI=1S/C29H29FN8O2/c30-20-4-2-18(3-5-20)27-24-12-21(6-7-25(24)34-35-27)33-28(40)19-8-11-36(14-19)17-26(39)37-15-23-13-22(37)16-38(23)29-31-9-1-10-32-29/h1-7,9-10,12,19,22-23H,8,11,13-17H2,(H,33,40)(H,34,35)/t19-,22+,23+/m1/s1. The number of H-pyrrole nitrogens is 1. The Morgan fingerprint density at radius 2 is 1.85 bits per heavy atom. The van der Waals surface area contributed by atoms with Gasteiger partial charge in [0.2, 0.25) is 17.8 Å². The van der Waals surface area contributed by atoms with Crippen molar-refractivity contribution < 1.29 is 14.0 Å². The molecule has 4 aromatic rings. The van der Waals surface area contributed by atoms with Gasteiger partial charge in [0, 0.05) is 48.7 Å². The van der Waals surface area contributed by atoms with Gasteiger partial charge in [0.15, 0.2) is 0 Å². The highest BCUT2D eigenvalue weighted by atomic mass is 19.1. The minimum atomic E-state index is -0.304. The average Bonchev–Trinajstić information content (AvgIpc) is 3.77. The lowest BCUT2D eigenvalue weighted by atomic mass is 10.1. The van der Waals surface area contributed by atoms with Gasteiger partial charge in [-0.3, -0.25) is 19.6 Å². The lowest BCUT2D eigenvalue weighted by Crippen LogP contribution is -2.51. The molecule has 0 unspecified atom stereocenters. The molecule has 11 heteroatoms. The molecule has 5 heterocycles. The molecule has 3 fully saturated rings. The second-order valence-corrected chi connectivity index (χ2v) is 10.8. The van der Waals surface area contributed by atoms with Crippen molar-refractivity contribution in [2.45, 2.75) is 24.9 Å². The summed E-state index contributed by atoms with van der Waals surface area (Å²) in [5.74, 6) is 0.307. The topological polar surface area (TPSA) is 110 Å². The molecule has 2 aromatic heterocycles. The monoisotopic (exact) mass is 540 g/mol. The summed E-state index contributed by atoms with van der Waals surface area (Å²) in [6, 6.07) is 14.0. The highest BCUT2D eigenvalue weighted by Gasteiger charge is 2.46. The maximum absolute atomic E-state index is 13.4. The number of benzene rings is 2. The fraction of sp³-hybridized carbons (Fsp3) is 0.345. The number of amides is 2. The van der Waals surface area contributed by atoms with Crippen molar-refractivity contribution in [3.8, 4) is 11.3 Å². The molecule has 7 rings (SSSR count). The van der Waals surface area contributed by atoms with E-state index in [2.05, 4.69) is 35.3 Å². The summed E-state index contributed by atoms with van der Waals surface area (Å²) in [5.41, 5.74) is 3.00. The van der Waals surface area contributed by atoms with Crippen LogP contribution in [-0.2, 0) is 9.59 Å². The maximum atomic E-state index is 13.4. The van der Waals surface area contributed by atoms with Crippen molar-refractivity contribution >= 4 is 34.4 Å². The second-order valence-electron chi connectivity index (χ2n) is 10.8. The molecule has 0 aliphatic carbocycles. The van der Waals surface area contributed by atoms with Gasteiger partial charge in [0.05, 0.1) is 35.8 Å². The molecule has 3 atom stereocenters. The first-order chi connectivity index (χ1) is 19.5. The molecule has 40 heavy (non-hydrogen) atoms. The van der Waals surface area contributed by atoms with Gasteiger partial charge in [0.1, 0.15) is 5.82 Å². The predicted octanol–water partition coefficient (Wildman–Crippen LogP) is 2.91. The Hall–Kier alpha value is -4.38. The third-order valence-electron chi connectivity index (χ3n) is 8.32. The number of nitrogens with one attached hydrogen (secondary N) is 2. The van der Waals surface area contributed by atoms with E-state index in [0.29, 0.717) is 44.0 Å². The van der Waals surface area contributed by atoms with E-state index in [4.69, 9.17) is 0 Å². The number of carbonyl (C=O) groups excluding carboxylic acids is 2. The molecule has 2 aromatic carbocycles. The molecule has 2 bridgehead atoms. The van der Waals surface area contributed by atoms with E-state index >= 15 is 0 Å². The van der Waals surface area contributed by atoms with Crippen molar-refractivity contribution in [3.05, 3.63) is 66.7 Å². The highest BCUT2D eigenvalue weighted by Crippen LogP contribution is 2.33. The Kier molecular flexibility index (Phi) is 6.15. The lowest BCUT2D eigenvalue weighted by molar-refractivity contribution is -0.133. The zero-order valence-electron chi connectivity index (χ0n) is 21.8. The van der Waals surface area contributed by atoms with Crippen molar-refractivity contribution in [3.63, 3.8) is 0 Å². The largest absolute Gasteiger partial charge is 0.335 e. The SMILES string of the molecule is O=C(Nc1ccc2[nH]nc(-c3ccc(F)cc3)c2c1)[C@@H]1CCN(CC(=O)N2C[C@@H]3C[C@H]2CN3c2ncccn2)C1. The number of likely N-dealkylation sites (tertiary alicyclic amines) is 2. The van der Waals surface area contributed by atoms with Crippen LogP contribution in [0.3, 0.4) is 0 Å². The number of rotatable bonds is 6. The number of carbonyl (C=O) groups is 2. The molecular weight excluding hydrogens is 511 g/mol. The summed E-state index contributed by atoms with van der Waals surface area (Å²) < 4.78 is 13.4. The third-order valence-corrected chi connectivity index (χ3v) is 8.32.